The van der Waals surface area contributed by atoms with E-state index in [0.717, 1.165) is 5.56 Å². The molecular formula is C19H19Cl2NO4S. The van der Waals surface area contributed by atoms with Gasteiger partial charge in [0.05, 0.1) is 16.0 Å². The van der Waals surface area contributed by atoms with Crippen LogP contribution in [0.4, 0.5) is 0 Å². The number of piperidine rings is 1. The minimum Gasteiger partial charge on any atom is -0.426 e. The number of hydrogen-bond donors (Lipinski definition) is 0. The highest BCUT2D eigenvalue weighted by atomic mass is 35.5. The lowest BCUT2D eigenvalue weighted by Gasteiger charge is -2.30. The normalized spacial score (nSPS) is 16.3. The molecule has 0 N–H and O–H groups in total. The summed E-state index contributed by atoms with van der Waals surface area (Å²) in [6.07, 6.45) is 0.762. The van der Waals surface area contributed by atoms with Gasteiger partial charge in [-0.15, -0.1) is 0 Å². The van der Waals surface area contributed by atoms with E-state index >= 15 is 0 Å². The Morgan fingerprint density at radius 1 is 1.04 bits per heavy atom. The van der Waals surface area contributed by atoms with Crippen LogP contribution in [0.2, 0.25) is 10.0 Å². The minimum absolute atomic E-state index is 0.0865. The maximum absolute atomic E-state index is 12.9. The molecule has 0 aliphatic carbocycles. The molecule has 1 saturated heterocycles. The fourth-order valence-electron chi connectivity index (χ4n) is 3.00. The van der Waals surface area contributed by atoms with Crippen LogP contribution in [0.15, 0.2) is 47.4 Å². The smallest absolute Gasteiger partial charge is 0.314 e. The molecule has 5 nitrogen and oxygen atoms in total. The van der Waals surface area contributed by atoms with E-state index in [1.807, 2.05) is 19.1 Å². The van der Waals surface area contributed by atoms with Crippen LogP contribution in [-0.2, 0) is 14.8 Å². The minimum atomic E-state index is -3.82. The molecule has 0 bridgehead atoms. The number of esters is 1. The quantitative estimate of drug-likeness (QED) is 0.538. The summed E-state index contributed by atoms with van der Waals surface area (Å²) in [7, 11) is -3.82. The predicted octanol–water partition coefficient (Wildman–Crippen LogP) is 4.31. The topological polar surface area (TPSA) is 63.7 Å². The SMILES string of the molecule is Cc1ccc(OC(=O)C2CCN(S(=O)(=O)c3c(Cl)cccc3Cl)CC2)cc1. The average Bonchev–Trinajstić information content (AvgIpc) is 2.63. The Labute approximate surface area is 168 Å². The van der Waals surface area contributed by atoms with Gasteiger partial charge in [-0.25, -0.2) is 8.42 Å². The van der Waals surface area contributed by atoms with Crippen molar-refractivity contribution in [2.45, 2.75) is 24.7 Å². The number of hydrogen-bond acceptors (Lipinski definition) is 4. The van der Waals surface area contributed by atoms with Gasteiger partial charge in [-0.1, -0.05) is 47.0 Å². The van der Waals surface area contributed by atoms with E-state index in [1.165, 1.54) is 16.4 Å². The summed E-state index contributed by atoms with van der Waals surface area (Å²) in [6, 6.07) is 11.8. The summed E-state index contributed by atoms with van der Waals surface area (Å²) < 4.78 is 32.5. The van der Waals surface area contributed by atoms with Crippen molar-refractivity contribution < 1.29 is 17.9 Å². The Hall–Kier alpha value is -1.60. The van der Waals surface area contributed by atoms with E-state index in [0.29, 0.717) is 18.6 Å². The van der Waals surface area contributed by atoms with Crippen LogP contribution in [0.3, 0.4) is 0 Å². The van der Waals surface area contributed by atoms with Gasteiger partial charge < -0.3 is 4.74 Å². The lowest BCUT2D eigenvalue weighted by Crippen LogP contribution is -2.41. The fraction of sp³-hybridized carbons (Fsp3) is 0.316. The first-order valence-electron chi connectivity index (χ1n) is 8.51. The van der Waals surface area contributed by atoms with Crippen molar-refractivity contribution >= 4 is 39.2 Å². The van der Waals surface area contributed by atoms with Gasteiger partial charge in [0.2, 0.25) is 10.0 Å². The van der Waals surface area contributed by atoms with Crippen molar-refractivity contribution in [3.05, 3.63) is 58.1 Å². The van der Waals surface area contributed by atoms with Crippen molar-refractivity contribution in [1.82, 2.24) is 4.31 Å². The molecule has 1 heterocycles. The number of carbonyl (C=O) groups excluding carboxylic acids is 1. The monoisotopic (exact) mass is 427 g/mol. The lowest BCUT2D eigenvalue weighted by molar-refractivity contribution is -0.140. The molecule has 0 atom stereocenters. The summed E-state index contributed by atoms with van der Waals surface area (Å²) in [6.45, 7) is 2.36. The molecule has 1 fully saturated rings. The molecule has 2 aromatic carbocycles. The Kier molecular flexibility index (Phi) is 6.11. The Morgan fingerprint density at radius 3 is 2.15 bits per heavy atom. The maximum atomic E-state index is 12.9. The maximum Gasteiger partial charge on any atom is 0.314 e. The molecule has 8 heteroatoms. The van der Waals surface area contributed by atoms with Gasteiger partial charge in [0.15, 0.2) is 0 Å². The number of nitrogens with zero attached hydrogens (tertiary/aromatic N) is 1. The first-order valence-corrected chi connectivity index (χ1v) is 10.7. The zero-order chi connectivity index (χ0) is 19.6. The molecule has 3 rings (SSSR count). The summed E-state index contributed by atoms with van der Waals surface area (Å²) in [5.74, 6) is -0.199. The summed E-state index contributed by atoms with van der Waals surface area (Å²) in [4.78, 5) is 12.3. The highest BCUT2D eigenvalue weighted by Crippen LogP contribution is 2.33. The van der Waals surface area contributed by atoms with E-state index in [9.17, 15) is 13.2 Å². The van der Waals surface area contributed by atoms with E-state index in [2.05, 4.69) is 0 Å². The van der Waals surface area contributed by atoms with E-state index in [4.69, 9.17) is 27.9 Å². The molecule has 0 spiro atoms. The van der Waals surface area contributed by atoms with Gasteiger partial charge in [0.1, 0.15) is 10.6 Å². The standard InChI is InChI=1S/C19H19Cl2NO4S/c1-13-5-7-15(8-6-13)26-19(23)14-9-11-22(12-10-14)27(24,25)18-16(20)3-2-4-17(18)21/h2-8,14H,9-12H2,1H3. The third-order valence-corrected chi connectivity index (χ3v) is 7.40. The van der Waals surface area contributed by atoms with E-state index in [-0.39, 0.29) is 39.9 Å². The highest BCUT2D eigenvalue weighted by molar-refractivity contribution is 7.89. The lowest BCUT2D eigenvalue weighted by atomic mass is 9.98. The molecular weight excluding hydrogens is 409 g/mol. The molecule has 27 heavy (non-hydrogen) atoms. The first-order chi connectivity index (χ1) is 12.8. The summed E-state index contributed by atoms with van der Waals surface area (Å²) >= 11 is 12.1. The highest BCUT2D eigenvalue weighted by Gasteiger charge is 2.35. The first kappa shape index (κ1) is 20.1. The molecule has 0 aromatic heterocycles. The number of rotatable bonds is 4. The van der Waals surface area contributed by atoms with Crippen LogP contribution in [0.25, 0.3) is 0 Å². The molecule has 144 valence electrons. The predicted molar refractivity (Wildman–Crippen MR) is 105 cm³/mol. The van der Waals surface area contributed by atoms with Crippen LogP contribution in [-0.4, -0.2) is 31.8 Å². The van der Waals surface area contributed by atoms with Gasteiger partial charge in [0, 0.05) is 13.1 Å². The average molecular weight is 428 g/mol. The van der Waals surface area contributed by atoms with Crippen LogP contribution in [0, 0.1) is 12.8 Å². The molecule has 0 amide bonds. The Bertz CT molecular complexity index is 916. The van der Waals surface area contributed by atoms with Crippen LogP contribution in [0.5, 0.6) is 5.75 Å². The Morgan fingerprint density at radius 2 is 1.59 bits per heavy atom. The third kappa shape index (κ3) is 4.46. The van der Waals surface area contributed by atoms with Crippen molar-refractivity contribution in [2.75, 3.05) is 13.1 Å². The molecule has 1 aliphatic rings. The van der Waals surface area contributed by atoms with Crippen molar-refractivity contribution in [3.8, 4) is 5.75 Å². The number of ether oxygens (including phenoxy) is 1. The second kappa shape index (κ2) is 8.19. The fourth-order valence-corrected chi connectivity index (χ4v) is 5.56. The van der Waals surface area contributed by atoms with Gasteiger partial charge in [0.25, 0.3) is 0 Å². The van der Waals surface area contributed by atoms with Crippen LogP contribution in [0.1, 0.15) is 18.4 Å². The second-order valence-electron chi connectivity index (χ2n) is 6.46. The van der Waals surface area contributed by atoms with Crippen molar-refractivity contribution in [3.63, 3.8) is 0 Å². The van der Waals surface area contributed by atoms with E-state index < -0.39 is 10.0 Å². The molecule has 0 radical (unpaired) electrons. The van der Waals surface area contributed by atoms with Gasteiger partial charge >= 0.3 is 5.97 Å². The van der Waals surface area contributed by atoms with Gasteiger partial charge in [-0.05, 0) is 44.0 Å². The molecule has 0 saturated carbocycles. The Balaban J connectivity index is 1.66. The molecule has 1 aliphatic heterocycles. The van der Waals surface area contributed by atoms with Crippen molar-refractivity contribution in [1.29, 1.82) is 0 Å². The zero-order valence-corrected chi connectivity index (χ0v) is 17.0. The van der Waals surface area contributed by atoms with Crippen LogP contribution < -0.4 is 4.74 Å². The summed E-state index contributed by atoms with van der Waals surface area (Å²) in [5.41, 5.74) is 1.08. The number of carbonyl (C=O) groups is 1. The number of sulfonamides is 1. The number of benzene rings is 2. The largest absolute Gasteiger partial charge is 0.426 e. The van der Waals surface area contributed by atoms with E-state index in [1.54, 1.807) is 18.2 Å². The van der Waals surface area contributed by atoms with Gasteiger partial charge in [-0.3, -0.25) is 4.79 Å². The number of halogens is 2. The summed E-state index contributed by atoms with van der Waals surface area (Å²) in [5, 5.41) is 0.173. The van der Waals surface area contributed by atoms with Crippen LogP contribution >= 0.6 is 23.2 Å². The zero-order valence-electron chi connectivity index (χ0n) is 14.7. The molecule has 2 aromatic rings. The van der Waals surface area contributed by atoms with Crippen molar-refractivity contribution in [2.24, 2.45) is 5.92 Å². The molecule has 0 unspecified atom stereocenters. The van der Waals surface area contributed by atoms with Gasteiger partial charge in [-0.2, -0.15) is 4.31 Å². The third-order valence-electron chi connectivity index (χ3n) is 4.54. The second-order valence-corrected chi connectivity index (χ2v) is 9.15. The number of aryl methyl sites for hydroxylation is 1.